The van der Waals surface area contributed by atoms with E-state index in [0.29, 0.717) is 17.7 Å². The van der Waals surface area contributed by atoms with Crippen LogP contribution in [0.15, 0.2) is 23.1 Å². The average Bonchev–Trinajstić information content (AvgIpc) is 2.35. The molecule has 1 aromatic rings. The summed E-state index contributed by atoms with van der Waals surface area (Å²) in [5, 5.41) is 8.70. The summed E-state index contributed by atoms with van der Waals surface area (Å²) in [6, 6.07) is 5.00. The van der Waals surface area contributed by atoms with Gasteiger partial charge in [0.2, 0.25) is 10.0 Å². The summed E-state index contributed by atoms with van der Waals surface area (Å²) in [7, 11) is -3.54. The van der Waals surface area contributed by atoms with Crippen LogP contribution in [0.5, 0.6) is 0 Å². The number of sulfonamides is 1. The van der Waals surface area contributed by atoms with Crippen LogP contribution in [-0.4, -0.2) is 26.7 Å². The number of aliphatic hydroxyl groups excluding tert-OH is 1. The van der Waals surface area contributed by atoms with Crippen LogP contribution in [0.2, 0.25) is 0 Å². The lowest BCUT2D eigenvalue weighted by molar-refractivity contribution is 0.350. The maximum Gasteiger partial charge on any atom is 0.240 e. The van der Waals surface area contributed by atoms with Crippen molar-refractivity contribution in [2.45, 2.75) is 39.0 Å². The van der Waals surface area contributed by atoms with E-state index in [2.05, 4.69) is 37.3 Å². The van der Waals surface area contributed by atoms with Crippen LogP contribution in [0.3, 0.4) is 0 Å². The van der Waals surface area contributed by atoms with Crippen molar-refractivity contribution in [3.63, 3.8) is 0 Å². The molecule has 4 nitrogen and oxygen atoms in total. The van der Waals surface area contributed by atoms with Gasteiger partial charge in [-0.1, -0.05) is 38.7 Å². The topological polar surface area (TPSA) is 66.4 Å². The molecule has 0 aliphatic carbocycles. The monoisotopic (exact) mass is 309 g/mol. The molecule has 5 heteroatoms. The Kier molecular flexibility index (Phi) is 5.97. The van der Waals surface area contributed by atoms with Crippen molar-refractivity contribution in [1.82, 2.24) is 4.72 Å². The lowest BCUT2D eigenvalue weighted by Gasteiger charge is -2.18. The van der Waals surface area contributed by atoms with E-state index in [1.165, 1.54) is 6.07 Å². The third-order valence-corrected chi connectivity index (χ3v) is 4.56. The van der Waals surface area contributed by atoms with Gasteiger partial charge in [0.05, 0.1) is 4.90 Å². The number of rotatable bonds is 4. The molecule has 1 rings (SSSR count). The van der Waals surface area contributed by atoms with Crippen molar-refractivity contribution >= 4 is 10.0 Å². The van der Waals surface area contributed by atoms with Crippen LogP contribution >= 0.6 is 0 Å². The molecule has 0 fully saturated rings. The van der Waals surface area contributed by atoms with E-state index in [1.54, 1.807) is 19.1 Å². The summed E-state index contributed by atoms with van der Waals surface area (Å²) in [4.78, 5) is 0.237. The van der Waals surface area contributed by atoms with Gasteiger partial charge in [-0.3, -0.25) is 0 Å². The lowest BCUT2D eigenvalue weighted by atomic mass is 9.93. The molecular weight excluding hydrogens is 286 g/mol. The molecule has 0 saturated heterocycles. The Morgan fingerprint density at radius 1 is 1.29 bits per heavy atom. The van der Waals surface area contributed by atoms with E-state index in [4.69, 9.17) is 5.11 Å². The summed E-state index contributed by atoms with van der Waals surface area (Å²) < 4.78 is 27.3. The first-order valence-electron chi connectivity index (χ1n) is 6.86. The largest absolute Gasteiger partial charge is 0.384 e. The highest BCUT2D eigenvalue weighted by Crippen LogP contribution is 2.19. The molecule has 0 heterocycles. The fraction of sp³-hybridized carbons (Fsp3) is 0.500. The molecule has 0 bridgehead atoms. The minimum atomic E-state index is -3.54. The molecule has 0 aliphatic heterocycles. The van der Waals surface area contributed by atoms with E-state index in [-0.39, 0.29) is 16.9 Å². The second kappa shape index (κ2) is 7.08. The summed E-state index contributed by atoms with van der Waals surface area (Å²) in [5.74, 6) is 5.24. The van der Waals surface area contributed by atoms with Gasteiger partial charge in [-0.15, -0.1) is 0 Å². The Hall–Kier alpha value is -1.35. The molecule has 0 saturated carbocycles. The standard InChI is InChI=1S/C16H23NO3S/c1-13-7-8-14(6-5-11-18)12-15(13)21(19,20)17-10-9-16(2,3)4/h7-8,12,17-18H,9-11H2,1-4H3. The number of hydrogen-bond donors (Lipinski definition) is 2. The smallest absolute Gasteiger partial charge is 0.240 e. The van der Waals surface area contributed by atoms with Gasteiger partial charge in [0.1, 0.15) is 6.61 Å². The second-order valence-corrected chi connectivity index (χ2v) is 7.88. The van der Waals surface area contributed by atoms with E-state index in [1.807, 2.05) is 0 Å². The number of benzene rings is 1. The Labute approximate surface area is 127 Å². The average molecular weight is 309 g/mol. The van der Waals surface area contributed by atoms with Gasteiger partial charge in [-0.2, -0.15) is 0 Å². The zero-order valence-corrected chi connectivity index (χ0v) is 13.8. The molecule has 0 radical (unpaired) electrons. The Morgan fingerprint density at radius 3 is 2.52 bits per heavy atom. The maximum absolute atomic E-state index is 12.4. The van der Waals surface area contributed by atoms with Crippen molar-refractivity contribution in [2.24, 2.45) is 5.41 Å². The normalized spacial score (nSPS) is 11.9. The fourth-order valence-electron chi connectivity index (χ4n) is 1.75. The van der Waals surface area contributed by atoms with Crippen LogP contribution in [0, 0.1) is 24.2 Å². The Bertz CT molecular complexity index is 646. The first-order valence-corrected chi connectivity index (χ1v) is 8.34. The van der Waals surface area contributed by atoms with Crippen molar-refractivity contribution in [3.05, 3.63) is 29.3 Å². The van der Waals surface area contributed by atoms with Crippen LogP contribution in [0.1, 0.15) is 38.3 Å². The molecule has 21 heavy (non-hydrogen) atoms. The maximum atomic E-state index is 12.4. The zero-order chi connectivity index (χ0) is 16.1. The number of nitrogens with one attached hydrogen (secondary N) is 1. The highest BCUT2D eigenvalue weighted by atomic mass is 32.2. The first-order chi connectivity index (χ1) is 9.65. The van der Waals surface area contributed by atoms with Crippen LogP contribution in [0.4, 0.5) is 0 Å². The van der Waals surface area contributed by atoms with Crippen molar-refractivity contribution < 1.29 is 13.5 Å². The first kappa shape index (κ1) is 17.7. The van der Waals surface area contributed by atoms with Gasteiger partial charge in [-0.25, -0.2) is 13.1 Å². The van der Waals surface area contributed by atoms with Crippen LogP contribution in [0.25, 0.3) is 0 Å². The summed E-state index contributed by atoms with van der Waals surface area (Å²) in [5.41, 5.74) is 1.32. The molecule has 0 aliphatic rings. The third kappa shape index (κ3) is 5.88. The zero-order valence-electron chi connectivity index (χ0n) is 13.0. The van der Waals surface area contributed by atoms with E-state index < -0.39 is 10.0 Å². The highest BCUT2D eigenvalue weighted by Gasteiger charge is 2.18. The Morgan fingerprint density at radius 2 is 1.95 bits per heavy atom. The predicted octanol–water partition coefficient (Wildman–Crippen LogP) is 2.05. The van der Waals surface area contributed by atoms with Gasteiger partial charge < -0.3 is 5.11 Å². The highest BCUT2D eigenvalue weighted by molar-refractivity contribution is 7.89. The van der Waals surface area contributed by atoms with Gasteiger partial charge in [0.25, 0.3) is 0 Å². The van der Waals surface area contributed by atoms with Gasteiger partial charge in [-0.05, 0) is 36.5 Å². The molecule has 0 unspecified atom stereocenters. The molecule has 0 amide bonds. The Balaban J connectivity index is 2.97. The van der Waals surface area contributed by atoms with Crippen LogP contribution < -0.4 is 4.72 Å². The molecular formula is C16H23NO3S. The van der Waals surface area contributed by atoms with Crippen LogP contribution in [-0.2, 0) is 10.0 Å². The van der Waals surface area contributed by atoms with E-state index >= 15 is 0 Å². The molecule has 0 spiro atoms. The molecule has 0 atom stereocenters. The van der Waals surface area contributed by atoms with E-state index in [9.17, 15) is 8.42 Å². The van der Waals surface area contributed by atoms with Gasteiger partial charge >= 0.3 is 0 Å². The third-order valence-electron chi connectivity index (χ3n) is 2.96. The minimum Gasteiger partial charge on any atom is -0.384 e. The van der Waals surface area contributed by atoms with Crippen molar-refractivity contribution in [1.29, 1.82) is 0 Å². The fourth-order valence-corrected chi connectivity index (χ4v) is 3.05. The number of aryl methyl sites for hydroxylation is 1. The quantitative estimate of drug-likeness (QED) is 0.837. The number of aliphatic hydroxyl groups is 1. The van der Waals surface area contributed by atoms with E-state index in [0.717, 1.165) is 6.42 Å². The summed E-state index contributed by atoms with van der Waals surface area (Å²) >= 11 is 0. The summed E-state index contributed by atoms with van der Waals surface area (Å²) in [6.45, 7) is 8.10. The minimum absolute atomic E-state index is 0.0754. The molecule has 116 valence electrons. The van der Waals surface area contributed by atoms with Gasteiger partial charge in [0.15, 0.2) is 0 Å². The van der Waals surface area contributed by atoms with Gasteiger partial charge in [0, 0.05) is 12.1 Å². The molecule has 2 N–H and O–H groups in total. The van der Waals surface area contributed by atoms with Crippen molar-refractivity contribution in [3.8, 4) is 11.8 Å². The number of hydrogen-bond acceptors (Lipinski definition) is 3. The SMILES string of the molecule is Cc1ccc(C#CCO)cc1S(=O)(=O)NCCC(C)(C)C. The lowest BCUT2D eigenvalue weighted by Crippen LogP contribution is -2.28. The molecule has 0 aromatic heterocycles. The molecule has 1 aromatic carbocycles. The predicted molar refractivity (Wildman–Crippen MR) is 84.4 cm³/mol. The second-order valence-electron chi connectivity index (χ2n) is 6.15. The van der Waals surface area contributed by atoms with Crippen molar-refractivity contribution in [2.75, 3.05) is 13.2 Å². The summed E-state index contributed by atoms with van der Waals surface area (Å²) in [6.07, 6.45) is 0.759.